The van der Waals surface area contributed by atoms with Gasteiger partial charge in [-0.25, -0.2) is 4.98 Å². The van der Waals surface area contributed by atoms with Crippen molar-refractivity contribution in [2.24, 2.45) is 0 Å². The van der Waals surface area contributed by atoms with Crippen LogP contribution in [0.25, 0.3) is 0 Å². The predicted octanol–water partition coefficient (Wildman–Crippen LogP) is 4.11. The number of aromatic nitrogens is 2. The Hall–Kier alpha value is -1.56. The van der Waals surface area contributed by atoms with Crippen LogP contribution in [0.5, 0.6) is 5.88 Å². The summed E-state index contributed by atoms with van der Waals surface area (Å²) >= 11 is 17.8. The first-order chi connectivity index (χ1) is 11.3. The fraction of sp³-hybridized carbons (Fsp3) is 0.312. The Bertz CT molecular complexity index is 690. The summed E-state index contributed by atoms with van der Waals surface area (Å²) in [5.41, 5.74) is 0.422. The highest BCUT2D eigenvalue weighted by molar-refractivity contribution is 6.68. The van der Waals surface area contributed by atoms with E-state index in [1.807, 2.05) is 13.8 Å². The number of alkyl halides is 3. The maximum atomic E-state index is 12.3. The van der Waals surface area contributed by atoms with Crippen molar-refractivity contribution in [3.63, 3.8) is 0 Å². The van der Waals surface area contributed by atoms with E-state index in [1.54, 1.807) is 36.5 Å². The summed E-state index contributed by atoms with van der Waals surface area (Å²) in [5.74, 6) is 0.479. The molecule has 1 aromatic heterocycles. The molecule has 0 unspecified atom stereocenters. The van der Waals surface area contributed by atoms with Crippen LogP contribution in [0.2, 0.25) is 0 Å². The van der Waals surface area contributed by atoms with Gasteiger partial charge in [0.2, 0.25) is 15.9 Å². The third-order valence-corrected chi connectivity index (χ3v) is 3.59. The van der Waals surface area contributed by atoms with Crippen molar-refractivity contribution in [3.05, 3.63) is 54.0 Å². The van der Waals surface area contributed by atoms with Gasteiger partial charge in [0.05, 0.1) is 0 Å². The van der Waals surface area contributed by atoms with E-state index in [2.05, 4.69) is 15.3 Å². The normalized spacial score (nSPS) is 12.8. The van der Waals surface area contributed by atoms with E-state index >= 15 is 0 Å². The molecule has 2 aromatic rings. The zero-order valence-corrected chi connectivity index (χ0v) is 15.3. The molecule has 1 amide bonds. The van der Waals surface area contributed by atoms with Crippen molar-refractivity contribution in [2.45, 2.75) is 29.8 Å². The molecule has 0 aliphatic carbocycles. The molecule has 128 valence electrons. The van der Waals surface area contributed by atoms with Gasteiger partial charge in [0.1, 0.15) is 5.82 Å². The summed E-state index contributed by atoms with van der Waals surface area (Å²) in [7, 11) is 0. The number of carbonyl (C=O) groups is 1. The molecule has 1 heterocycles. The lowest BCUT2D eigenvalue weighted by atomic mass is 10.2. The van der Waals surface area contributed by atoms with Gasteiger partial charge in [-0.1, -0.05) is 66.8 Å². The number of hydrogen-bond donors (Lipinski definition) is 1. The summed E-state index contributed by atoms with van der Waals surface area (Å²) in [6, 6.07) is 10.1. The average Bonchev–Trinajstić information content (AvgIpc) is 2.54. The fourth-order valence-corrected chi connectivity index (χ4v) is 2.09. The van der Waals surface area contributed by atoms with Crippen LogP contribution in [0.1, 0.15) is 35.9 Å². The third kappa shape index (κ3) is 5.23. The Kier molecular flexibility index (Phi) is 6.27. The summed E-state index contributed by atoms with van der Waals surface area (Å²) in [6.45, 7) is 3.89. The fourth-order valence-electron chi connectivity index (χ4n) is 1.79. The van der Waals surface area contributed by atoms with Gasteiger partial charge < -0.3 is 10.1 Å². The standard InChI is InChI=1S/C16H16Cl3N3O2/c1-10(2)13-20-9-8-12(21-13)24-15(16(17,18)19)22-14(23)11-6-4-3-5-7-11/h3-10,15H,1-2H3,(H,22,23)/t15-/m0/s1. The Balaban J connectivity index is 2.18. The van der Waals surface area contributed by atoms with Gasteiger partial charge in [0, 0.05) is 23.7 Å². The Morgan fingerprint density at radius 1 is 1.17 bits per heavy atom. The number of ether oxygens (including phenoxy) is 1. The maximum absolute atomic E-state index is 12.3. The molecule has 2 rings (SSSR count). The quantitative estimate of drug-likeness (QED) is 0.618. The van der Waals surface area contributed by atoms with Crippen LogP contribution in [0.3, 0.4) is 0 Å². The van der Waals surface area contributed by atoms with Gasteiger partial charge in [-0.2, -0.15) is 4.98 Å². The molecule has 1 atom stereocenters. The highest BCUT2D eigenvalue weighted by atomic mass is 35.6. The summed E-state index contributed by atoms with van der Waals surface area (Å²) in [6.07, 6.45) is 0.330. The minimum Gasteiger partial charge on any atom is -0.449 e. The van der Waals surface area contributed by atoms with Crippen molar-refractivity contribution < 1.29 is 9.53 Å². The Morgan fingerprint density at radius 2 is 1.83 bits per heavy atom. The average molecular weight is 389 g/mol. The Morgan fingerprint density at radius 3 is 2.42 bits per heavy atom. The molecule has 0 bridgehead atoms. The van der Waals surface area contributed by atoms with Gasteiger partial charge >= 0.3 is 0 Å². The van der Waals surface area contributed by atoms with Crippen molar-refractivity contribution in [1.82, 2.24) is 15.3 Å². The highest BCUT2D eigenvalue weighted by Crippen LogP contribution is 2.31. The van der Waals surface area contributed by atoms with Crippen molar-refractivity contribution in [3.8, 4) is 5.88 Å². The second-order valence-electron chi connectivity index (χ2n) is 5.29. The topological polar surface area (TPSA) is 64.1 Å². The molecule has 0 radical (unpaired) electrons. The first kappa shape index (κ1) is 18.8. The minimum absolute atomic E-state index is 0.110. The van der Waals surface area contributed by atoms with Gasteiger partial charge in [-0.15, -0.1) is 0 Å². The van der Waals surface area contributed by atoms with Gasteiger partial charge in [0.25, 0.3) is 5.91 Å². The molecule has 1 N–H and O–H groups in total. The van der Waals surface area contributed by atoms with Crippen LogP contribution >= 0.6 is 34.8 Å². The van der Waals surface area contributed by atoms with E-state index in [4.69, 9.17) is 39.5 Å². The number of nitrogens with one attached hydrogen (secondary N) is 1. The third-order valence-electron chi connectivity index (χ3n) is 3.00. The summed E-state index contributed by atoms with van der Waals surface area (Å²) in [4.78, 5) is 20.7. The number of nitrogens with zero attached hydrogens (tertiary/aromatic N) is 2. The molecular weight excluding hydrogens is 373 g/mol. The lowest BCUT2D eigenvalue weighted by Crippen LogP contribution is -2.48. The lowest BCUT2D eigenvalue weighted by molar-refractivity contribution is 0.0825. The van der Waals surface area contributed by atoms with E-state index in [9.17, 15) is 4.79 Å². The highest BCUT2D eigenvalue weighted by Gasteiger charge is 2.36. The number of rotatable bonds is 5. The van der Waals surface area contributed by atoms with Crippen LogP contribution in [0.4, 0.5) is 0 Å². The van der Waals surface area contributed by atoms with Crippen LogP contribution < -0.4 is 10.1 Å². The van der Waals surface area contributed by atoms with Crippen LogP contribution in [0, 0.1) is 0 Å². The molecule has 24 heavy (non-hydrogen) atoms. The van der Waals surface area contributed by atoms with Crippen LogP contribution in [0.15, 0.2) is 42.6 Å². The lowest BCUT2D eigenvalue weighted by Gasteiger charge is -2.25. The van der Waals surface area contributed by atoms with Crippen molar-refractivity contribution in [2.75, 3.05) is 0 Å². The maximum Gasteiger partial charge on any atom is 0.254 e. The zero-order valence-electron chi connectivity index (χ0n) is 13.0. The molecule has 0 aliphatic rings. The van der Waals surface area contributed by atoms with Crippen LogP contribution in [-0.4, -0.2) is 25.9 Å². The number of halogens is 3. The first-order valence-electron chi connectivity index (χ1n) is 7.19. The SMILES string of the molecule is CC(C)c1nccc(O[C@H](NC(=O)c2ccccc2)C(Cl)(Cl)Cl)n1. The van der Waals surface area contributed by atoms with Crippen molar-refractivity contribution >= 4 is 40.7 Å². The minimum atomic E-state index is -1.88. The number of amides is 1. The largest absolute Gasteiger partial charge is 0.449 e. The number of benzene rings is 1. The molecule has 0 fully saturated rings. The summed E-state index contributed by atoms with van der Waals surface area (Å²) in [5, 5.41) is 2.55. The van der Waals surface area contributed by atoms with E-state index in [1.165, 1.54) is 6.07 Å². The van der Waals surface area contributed by atoms with E-state index in [0.29, 0.717) is 11.4 Å². The second-order valence-corrected chi connectivity index (χ2v) is 7.66. The molecule has 0 aliphatic heterocycles. The van der Waals surface area contributed by atoms with E-state index in [-0.39, 0.29) is 11.8 Å². The van der Waals surface area contributed by atoms with E-state index < -0.39 is 15.9 Å². The van der Waals surface area contributed by atoms with Crippen LogP contribution in [-0.2, 0) is 0 Å². The number of carbonyl (C=O) groups excluding carboxylic acids is 1. The molecule has 1 aromatic carbocycles. The van der Waals surface area contributed by atoms with Crippen molar-refractivity contribution in [1.29, 1.82) is 0 Å². The smallest absolute Gasteiger partial charge is 0.254 e. The molecule has 5 nitrogen and oxygen atoms in total. The molecule has 0 spiro atoms. The monoisotopic (exact) mass is 387 g/mol. The summed E-state index contributed by atoms with van der Waals surface area (Å²) < 4.78 is 3.70. The van der Waals surface area contributed by atoms with E-state index in [0.717, 1.165) is 0 Å². The first-order valence-corrected chi connectivity index (χ1v) is 8.33. The van der Waals surface area contributed by atoms with Gasteiger partial charge in [0.15, 0.2) is 0 Å². The van der Waals surface area contributed by atoms with Gasteiger partial charge in [-0.05, 0) is 12.1 Å². The molecule has 0 saturated carbocycles. The zero-order chi connectivity index (χ0) is 17.7. The predicted molar refractivity (Wildman–Crippen MR) is 94.7 cm³/mol. The second kappa shape index (κ2) is 8.01. The Labute approximate surface area is 155 Å². The molecule has 8 heteroatoms. The molecular formula is C16H16Cl3N3O2. The molecule has 0 saturated heterocycles. The number of hydrogen-bond acceptors (Lipinski definition) is 4. The van der Waals surface area contributed by atoms with Gasteiger partial charge in [-0.3, -0.25) is 4.79 Å².